The molecule has 0 aromatic carbocycles. The zero-order valence-corrected chi connectivity index (χ0v) is 6.72. The van der Waals surface area contributed by atoms with E-state index < -0.39 is 6.17 Å². The molecule has 0 aromatic rings. The third kappa shape index (κ3) is 2.49. The Morgan fingerprint density at radius 3 is 2.73 bits per heavy atom. The van der Waals surface area contributed by atoms with Gasteiger partial charge in [-0.25, -0.2) is 4.39 Å². The lowest BCUT2D eigenvalue weighted by atomic mass is 9.96. The maximum Gasteiger partial charge on any atom is 0.104 e. The number of nitriles is 1. The van der Waals surface area contributed by atoms with Gasteiger partial charge in [0, 0.05) is 12.3 Å². The molecule has 0 unspecified atom stereocenters. The van der Waals surface area contributed by atoms with Gasteiger partial charge in [-0.3, -0.25) is 0 Å². The Kier molecular flexibility index (Phi) is 3.35. The molecule has 0 aromatic heterocycles. The summed E-state index contributed by atoms with van der Waals surface area (Å²) in [6, 6.07) is 2.06. The minimum atomic E-state index is -0.711. The summed E-state index contributed by atoms with van der Waals surface area (Å²) in [7, 11) is 0. The van der Waals surface area contributed by atoms with Crippen molar-refractivity contribution >= 4 is 0 Å². The monoisotopic (exact) mass is 155 g/mol. The van der Waals surface area contributed by atoms with E-state index in [0.717, 1.165) is 25.7 Å². The van der Waals surface area contributed by atoms with Gasteiger partial charge >= 0.3 is 0 Å². The molecule has 0 aliphatic heterocycles. The van der Waals surface area contributed by atoms with E-state index in [9.17, 15) is 4.39 Å². The van der Waals surface area contributed by atoms with Crippen LogP contribution in [0, 0.1) is 17.2 Å². The number of hydrogen-bond acceptors (Lipinski definition) is 1. The average Bonchev–Trinajstić information content (AvgIpc) is 2.18. The molecule has 1 saturated carbocycles. The van der Waals surface area contributed by atoms with Crippen molar-refractivity contribution in [3.8, 4) is 6.07 Å². The van der Waals surface area contributed by atoms with Gasteiger partial charge in [0.05, 0.1) is 6.07 Å². The second-order valence-electron chi connectivity index (χ2n) is 3.28. The van der Waals surface area contributed by atoms with Crippen molar-refractivity contribution in [2.75, 3.05) is 0 Å². The fourth-order valence-electron chi connectivity index (χ4n) is 1.69. The normalized spacial score (nSPS) is 32.4. The fraction of sp³-hybridized carbons (Fsp3) is 0.889. The first-order chi connectivity index (χ1) is 5.34. The minimum Gasteiger partial charge on any atom is -0.247 e. The molecule has 0 spiro atoms. The summed E-state index contributed by atoms with van der Waals surface area (Å²) >= 11 is 0. The molecule has 0 amide bonds. The molecule has 1 aliphatic rings. The van der Waals surface area contributed by atoms with Crippen LogP contribution in [0.3, 0.4) is 0 Å². The molecule has 1 aliphatic carbocycles. The Morgan fingerprint density at radius 1 is 1.27 bits per heavy atom. The average molecular weight is 155 g/mol. The number of alkyl halides is 1. The van der Waals surface area contributed by atoms with Crippen molar-refractivity contribution in [1.29, 1.82) is 5.26 Å². The Hall–Kier alpha value is -0.580. The van der Waals surface area contributed by atoms with Crippen LogP contribution < -0.4 is 0 Å². The Bertz CT molecular complexity index is 150. The summed E-state index contributed by atoms with van der Waals surface area (Å²) in [5, 5.41) is 8.41. The van der Waals surface area contributed by atoms with Crippen LogP contribution in [0.15, 0.2) is 0 Å². The van der Waals surface area contributed by atoms with E-state index in [1.807, 2.05) is 0 Å². The number of halogens is 1. The van der Waals surface area contributed by atoms with Crippen LogP contribution >= 0.6 is 0 Å². The van der Waals surface area contributed by atoms with Crippen LogP contribution in [0.25, 0.3) is 0 Å². The minimum absolute atomic E-state index is 0.0301. The first-order valence-electron chi connectivity index (χ1n) is 4.35. The molecule has 1 rings (SSSR count). The van der Waals surface area contributed by atoms with Crippen LogP contribution in [0.1, 0.15) is 38.5 Å². The maximum atomic E-state index is 13.1. The van der Waals surface area contributed by atoms with Crippen LogP contribution in [-0.2, 0) is 0 Å². The van der Waals surface area contributed by atoms with Gasteiger partial charge in [-0.05, 0) is 12.8 Å². The molecule has 0 heterocycles. The van der Waals surface area contributed by atoms with Crippen molar-refractivity contribution in [3.63, 3.8) is 0 Å². The zero-order valence-electron chi connectivity index (χ0n) is 6.72. The highest BCUT2D eigenvalue weighted by molar-refractivity contribution is 4.82. The Balaban J connectivity index is 2.40. The topological polar surface area (TPSA) is 23.8 Å². The highest BCUT2D eigenvalue weighted by atomic mass is 19.1. The summed E-state index contributed by atoms with van der Waals surface area (Å²) in [6.45, 7) is 0. The van der Waals surface area contributed by atoms with Gasteiger partial charge in [-0.15, -0.1) is 0 Å². The van der Waals surface area contributed by atoms with Crippen LogP contribution in [0.4, 0.5) is 4.39 Å². The summed E-state index contributed by atoms with van der Waals surface area (Å²) in [6.07, 6.45) is 4.53. The molecule has 2 atom stereocenters. The lowest BCUT2D eigenvalue weighted by Gasteiger charge is -2.13. The van der Waals surface area contributed by atoms with E-state index in [2.05, 4.69) is 6.07 Å². The fourth-order valence-corrected chi connectivity index (χ4v) is 1.69. The summed E-state index contributed by atoms with van der Waals surface area (Å²) in [5.41, 5.74) is 0. The van der Waals surface area contributed by atoms with E-state index in [-0.39, 0.29) is 5.92 Å². The first kappa shape index (κ1) is 8.52. The van der Waals surface area contributed by atoms with Gasteiger partial charge in [-0.2, -0.15) is 5.26 Å². The van der Waals surface area contributed by atoms with Gasteiger partial charge < -0.3 is 0 Å². The van der Waals surface area contributed by atoms with Crippen molar-refractivity contribution in [2.45, 2.75) is 44.7 Å². The second-order valence-corrected chi connectivity index (χ2v) is 3.28. The van der Waals surface area contributed by atoms with Gasteiger partial charge in [-0.1, -0.05) is 19.3 Å². The van der Waals surface area contributed by atoms with Gasteiger partial charge in [0.1, 0.15) is 6.17 Å². The summed E-state index contributed by atoms with van der Waals surface area (Å²) in [5.74, 6) is 0.0301. The first-order valence-corrected chi connectivity index (χ1v) is 4.35. The molecule has 0 saturated heterocycles. The number of hydrogen-bond donors (Lipinski definition) is 0. The molecule has 0 N–H and O–H groups in total. The Morgan fingerprint density at radius 2 is 2.00 bits per heavy atom. The lowest BCUT2D eigenvalue weighted by Crippen LogP contribution is -2.13. The summed E-state index contributed by atoms with van der Waals surface area (Å²) < 4.78 is 13.1. The quantitative estimate of drug-likeness (QED) is 0.534. The van der Waals surface area contributed by atoms with Gasteiger partial charge in [0.15, 0.2) is 0 Å². The van der Waals surface area contributed by atoms with Gasteiger partial charge in [0.2, 0.25) is 0 Å². The third-order valence-corrected chi connectivity index (χ3v) is 2.42. The Labute approximate surface area is 67.2 Å². The predicted molar refractivity (Wildman–Crippen MR) is 41.7 cm³/mol. The van der Waals surface area contributed by atoms with Crippen LogP contribution in [0.2, 0.25) is 0 Å². The molecule has 62 valence electrons. The van der Waals surface area contributed by atoms with E-state index in [1.165, 1.54) is 0 Å². The molecular weight excluding hydrogens is 141 g/mol. The highest BCUT2D eigenvalue weighted by Crippen LogP contribution is 2.27. The van der Waals surface area contributed by atoms with Crippen molar-refractivity contribution < 1.29 is 4.39 Å². The standard InChI is InChI=1S/C9H14FN/c10-9-5-3-1-2-4-8(9)6-7-11/h8-9H,1-6H2/t8-,9-/m1/s1. The predicted octanol–water partition coefficient (Wildman–Crippen LogP) is 2.82. The van der Waals surface area contributed by atoms with Gasteiger partial charge in [0.25, 0.3) is 0 Å². The largest absolute Gasteiger partial charge is 0.247 e. The highest BCUT2D eigenvalue weighted by Gasteiger charge is 2.22. The summed E-state index contributed by atoms with van der Waals surface area (Å²) in [4.78, 5) is 0. The molecule has 1 nitrogen and oxygen atoms in total. The number of nitrogens with zero attached hydrogens (tertiary/aromatic N) is 1. The lowest BCUT2D eigenvalue weighted by molar-refractivity contribution is 0.217. The van der Waals surface area contributed by atoms with E-state index in [4.69, 9.17) is 5.26 Å². The van der Waals surface area contributed by atoms with Crippen molar-refractivity contribution in [2.24, 2.45) is 5.92 Å². The SMILES string of the molecule is N#CC[C@H]1CCCCC[C@H]1F. The zero-order chi connectivity index (χ0) is 8.10. The molecular formula is C9H14FN. The van der Waals surface area contributed by atoms with Crippen molar-refractivity contribution in [1.82, 2.24) is 0 Å². The van der Waals surface area contributed by atoms with E-state index >= 15 is 0 Å². The molecule has 2 heteroatoms. The van der Waals surface area contributed by atoms with E-state index in [0.29, 0.717) is 12.8 Å². The molecule has 1 fully saturated rings. The second kappa shape index (κ2) is 4.33. The molecule has 0 radical (unpaired) electrons. The molecule has 0 bridgehead atoms. The maximum absolute atomic E-state index is 13.1. The number of rotatable bonds is 1. The van der Waals surface area contributed by atoms with Crippen molar-refractivity contribution in [3.05, 3.63) is 0 Å². The van der Waals surface area contributed by atoms with Crippen LogP contribution in [0.5, 0.6) is 0 Å². The van der Waals surface area contributed by atoms with Crippen LogP contribution in [-0.4, -0.2) is 6.17 Å². The van der Waals surface area contributed by atoms with E-state index in [1.54, 1.807) is 0 Å². The molecule has 11 heavy (non-hydrogen) atoms. The third-order valence-electron chi connectivity index (χ3n) is 2.42. The smallest absolute Gasteiger partial charge is 0.104 e.